The smallest absolute Gasteiger partial charge is 0.348 e. The Hall–Kier alpha value is -2.50. The van der Waals surface area contributed by atoms with E-state index in [0.717, 1.165) is 32.7 Å². The summed E-state index contributed by atoms with van der Waals surface area (Å²) in [6, 6.07) is 0. The van der Waals surface area contributed by atoms with Crippen LogP contribution in [0.3, 0.4) is 0 Å². The summed E-state index contributed by atoms with van der Waals surface area (Å²) in [7, 11) is 1.95. The van der Waals surface area contributed by atoms with Gasteiger partial charge in [0.2, 0.25) is 0 Å². The van der Waals surface area contributed by atoms with Crippen molar-refractivity contribution >= 4 is 45.6 Å². The minimum Gasteiger partial charge on any atom is -0.462 e. The summed E-state index contributed by atoms with van der Waals surface area (Å²) >= 11 is 6.82. The summed E-state index contributed by atoms with van der Waals surface area (Å²) in [6.45, 7) is 11.9. The average molecular weight is 494 g/mol. The summed E-state index contributed by atoms with van der Waals surface area (Å²) in [4.78, 5) is 29.8. The molecule has 1 saturated heterocycles. The number of anilines is 1. The summed E-state index contributed by atoms with van der Waals surface area (Å²) in [5.74, 6) is -0.937. The van der Waals surface area contributed by atoms with Gasteiger partial charge in [0.25, 0.3) is 0 Å². The molecule has 9 nitrogen and oxygen atoms in total. The Morgan fingerprint density at radius 1 is 1.12 bits per heavy atom. The first-order valence-corrected chi connectivity index (χ1v) is 12.2. The van der Waals surface area contributed by atoms with Crippen LogP contribution in [0.5, 0.6) is 0 Å². The molecular weight excluding hydrogens is 462 g/mol. The minimum absolute atomic E-state index is 0.241. The zero-order valence-corrected chi connectivity index (χ0v) is 21.4. The van der Waals surface area contributed by atoms with Gasteiger partial charge in [-0.15, -0.1) is 11.3 Å². The van der Waals surface area contributed by atoms with Crippen molar-refractivity contribution < 1.29 is 19.1 Å². The van der Waals surface area contributed by atoms with Crippen molar-refractivity contribution in [3.63, 3.8) is 0 Å². The molecule has 0 aromatic carbocycles. The van der Waals surface area contributed by atoms with Crippen LogP contribution >= 0.6 is 23.6 Å². The van der Waals surface area contributed by atoms with Gasteiger partial charge >= 0.3 is 11.9 Å². The van der Waals surface area contributed by atoms with Gasteiger partial charge in [-0.05, 0) is 45.5 Å². The van der Waals surface area contributed by atoms with Crippen LogP contribution < -0.4 is 5.32 Å². The number of esters is 2. The SMILES string of the molecule is CCOC(=O)c1sc(NC(=S)N2CCN(Cc3cnn(C)c3C)CC2)c(C(=O)OCC)c1C. The highest BCUT2D eigenvalue weighted by atomic mass is 32.1. The van der Waals surface area contributed by atoms with Crippen LogP contribution in [0.4, 0.5) is 5.00 Å². The average Bonchev–Trinajstić information content (AvgIpc) is 3.28. The lowest BCUT2D eigenvalue weighted by molar-refractivity contribution is 0.0527. The molecule has 33 heavy (non-hydrogen) atoms. The van der Waals surface area contributed by atoms with Gasteiger partial charge in [0.1, 0.15) is 9.88 Å². The highest BCUT2D eigenvalue weighted by Gasteiger charge is 2.28. The molecule has 1 N–H and O–H groups in total. The summed E-state index contributed by atoms with van der Waals surface area (Å²) in [5.41, 5.74) is 3.27. The van der Waals surface area contributed by atoms with Crippen molar-refractivity contribution in [2.75, 3.05) is 44.7 Å². The van der Waals surface area contributed by atoms with E-state index < -0.39 is 11.9 Å². The van der Waals surface area contributed by atoms with Gasteiger partial charge in [-0.1, -0.05) is 0 Å². The van der Waals surface area contributed by atoms with Gasteiger partial charge < -0.3 is 19.7 Å². The fourth-order valence-electron chi connectivity index (χ4n) is 3.67. The third kappa shape index (κ3) is 5.71. The molecule has 0 radical (unpaired) electrons. The third-order valence-corrected chi connectivity index (χ3v) is 7.25. The first-order valence-electron chi connectivity index (χ1n) is 11.0. The number of piperazine rings is 1. The van der Waals surface area contributed by atoms with Crippen molar-refractivity contribution in [2.24, 2.45) is 7.05 Å². The van der Waals surface area contributed by atoms with Crippen LogP contribution in [0.15, 0.2) is 6.20 Å². The Labute approximate surface area is 203 Å². The quantitative estimate of drug-likeness (QED) is 0.462. The number of nitrogens with zero attached hydrogens (tertiary/aromatic N) is 4. The number of aryl methyl sites for hydroxylation is 1. The fraction of sp³-hybridized carbons (Fsp3) is 0.545. The summed E-state index contributed by atoms with van der Waals surface area (Å²) in [6.07, 6.45) is 1.92. The number of carbonyl (C=O) groups excluding carboxylic acids is 2. The second-order valence-electron chi connectivity index (χ2n) is 7.77. The number of nitrogens with one attached hydrogen (secondary N) is 1. The molecule has 0 atom stereocenters. The number of hydrogen-bond acceptors (Lipinski definition) is 8. The number of hydrogen-bond donors (Lipinski definition) is 1. The molecule has 0 saturated carbocycles. The third-order valence-electron chi connectivity index (χ3n) is 5.70. The second kappa shape index (κ2) is 11.1. The van der Waals surface area contributed by atoms with Gasteiger partial charge in [-0.3, -0.25) is 9.58 Å². The highest BCUT2D eigenvalue weighted by molar-refractivity contribution is 7.80. The lowest BCUT2D eigenvalue weighted by atomic mass is 10.1. The lowest BCUT2D eigenvalue weighted by Gasteiger charge is -2.36. The van der Waals surface area contributed by atoms with Crippen LogP contribution in [-0.4, -0.2) is 76.0 Å². The maximum atomic E-state index is 12.6. The molecule has 0 unspecified atom stereocenters. The number of carbonyl (C=O) groups is 2. The molecule has 2 aromatic rings. The van der Waals surface area contributed by atoms with Gasteiger partial charge in [0, 0.05) is 51.0 Å². The molecular formula is C22H31N5O4S2. The Morgan fingerprint density at radius 3 is 2.33 bits per heavy atom. The van der Waals surface area contributed by atoms with Gasteiger partial charge in [0.15, 0.2) is 5.11 Å². The molecule has 180 valence electrons. The molecule has 2 aromatic heterocycles. The standard InChI is InChI=1S/C22H31N5O4S2/c1-6-30-20(28)17-14(3)18(21(29)31-7-2)33-19(17)24-22(32)27-10-8-26(9-11-27)13-16-12-23-25(5)15(16)4/h12H,6-11,13H2,1-5H3,(H,24,32). The van der Waals surface area contributed by atoms with E-state index in [2.05, 4.69) is 27.1 Å². The number of rotatable bonds is 7. The zero-order valence-electron chi connectivity index (χ0n) is 19.8. The van der Waals surface area contributed by atoms with Crippen molar-refractivity contribution in [1.82, 2.24) is 19.6 Å². The van der Waals surface area contributed by atoms with E-state index in [9.17, 15) is 9.59 Å². The highest BCUT2D eigenvalue weighted by Crippen LogP contribution is 2.34. The fourth-order valence-corrected chi connectivity index (χ4v) is 5.10. The largest absolute Gasteiger partial charge is 0.462 e. The lowest BCUT2D eigenvalue weighted by Crippen LogP contribution is -2.49. The minimum atomic E-state index is -0.483. The van der Waals surface area contributed by atoms with Crippen LogP contribution in [-0.2, 0) is 23.1 Å². The Kier molecular flexibility index (Phi) is 8.44. The van der Waals surface area contributed by atoms with Crippen LogP contribution in [0.1, 0.15) is 50.7 Å². The van der Waals surface area contributed by atoms with Crippen LogP contribution in [0.2, 0.25) is 0 Å². The molecule has 1 aliphatic heterocycles. The van der Waals surface area contributed by atoms with E-state index in [4.69, 9.17) is 21.7 Å². The monoisotopic (exact) mass is 493 g/mol. The van der Waals surface area contributed by atoms with Crippen molar-refractivity contribution in [3.8, 4) is 0 Å². The predicted octanol–water partition coefficient (Wildman–Crippen LogP) is 2.97. The number of aromatic nitrogens is 2. The van der Waals surface area contributed by atoms with Crippen LogP contribution in [0.25, 0.3) is 0 Å². The molecule has 0 bridgehead atoms. The second-order valence-corrected chi connectivity index (χ2v) is 9.18. The van der Waals surface area contributed by atoms with E-state index in [0.29, 0.717) is 26.1 Å². The Morgan fingerprint density at radius 2 is 1.76 bits per heavy atom. The van der Waals surface area contributed by atoms with E-state index in [-0.39, 0.29) is 13.2 Å². The van der Waals surface area contributed by atoms with Gasteiger partial charge in [-0.2, -0.15) is 5.10 Å². The number of thiocarbonyl (C=S) groups is 1. The molecule has 1 aliphatic rings. The van der Waals surface area contributed by atoms with Crippen molar-refractivity contribution in [3.05, 3.63) is 33.5 Å². The molecule has 0 amide bonds. The van der Waals surface area contributed by atoms with Gasteiger partial charge in [-0.25, -0.2) is 9.59 Å². The summed E-state index contributed by atoms with van der Waals surface area (Å²) in [5, 5.41) is 8.54. The molecule has 3 rings (SSSR count). The molecule has 11 heteroatoms. The maximum absolute atomic E-state index is 12.6. The topological polar surface area (TPSA) is 88.9 Å². The van der Waals surface area contributed by atoms with E-state index >= 15 is 0 Å². The normalized spacial score (nSPS) is 14.3. The zero-order chi connectivity index (χ0) is 24.1. The van der Waals surface area contributed by atoms with E-state index in [1.165, 1.54) is 22.6 Å². The first-order chi connectivity index (χ1) is 15.8. The van der Waals surface area contributed by atoms with E-state index in [1.807, 2.05) is 17.9 Å². The molecule has 3 heterocycles. The molecule has 1 fully saturated rings. The Balaban J connectivity index is 1.68. The van der Waals surface area contributed by atoms with Crippen LogP contribution in [0, 0.1) is 13.8 Å². The van der Waals surface area contributed by atoms with Gasteiger partial charge in [0.05, 0.1) is 25.0 Å². The summed E-state index contributed by atoms with van der Waals surface area (Å²) < 4.78 is 12.3. The molecule has 0 spiro atoms. The number of ether oxygens (including phenoxy) is 2. The molecule has 0 aliphatic carbocycles. The first kappa shape index (κ1) is 25.1. The maximum Gasteiger partial charge on any atom is 0.348 e. The van der Waals surface area contributed by atoms with Crippen molar-refractivity contribution in [1.29, 1.82) is 0 Å². The Bertz CT molecular complexity index is 1020. The van der Waals surface area contributed by atoms with E-state index in [1.54, 1.807) is 20.8 Å². The number of thiophene rings is 1. The predicted molar refractivity (Wildman–Crippen MR) is 132 cm³/mol. The van der Waals surface area contributed by atoms with Crippen molar-refractivity contribution in [2.45, 2.75) is 34.2 Å².